The van der Waals surface area contributed by atoms with Crippen LogP contribution in [-0.2, 0) is 17.4 Å². The third-order valence-corrected chi connectivity index (χ3v) is 2.59. The van der Waals surface area contributed by atoms with Crippen LogP contribution in [0.2, 0.25) is 5.02 Å². The minimum Gasteiger partial charge on any atom is -0.480 e. The van der Waals surface area contributed by atoms with Gasteiger partial charge in [-0.05, 0) is 18.1 Å². The van der Waals surface area contributed by atoms with E-state index < -0.39 is 28.8 Å². The molecule has 1 rings (SSSR count). The Labute approximate surface area is 100.0 Å². The standard InChI is InChI=1S/C10H9ClF3NO2/c11-8-5(4-7(15)9(16)17)2-1-3-6(8)10(12,13)14/h1-3,7H,4,15H2,(H,16,17)/t7-/m0/s1. The van der Waals surface area contributed by atoms with Crippen LogP contribution in [0, 0.1) is 0 Å². The lowest BCUT2D eigenvalue weighted by Crippen LogP contribution is -2.32. The third kappa shape index (κ3) is 3.34. The van der Waals surface area contributed by atoms with E-state index in [4.69, 9.17) is 22.4 Å². The summed E-state index contributed by atoms with van der Waals surface area (Å²) in [7, 11) is 0. The molecule has 0 fully saturated rings. The summed E-state index contributed by atoms with van der Waals surface area (Å²) in [4.78, 5) is 10.5. The lowest BCUT2D eigenvalue weighted by molar-refractivity contribution is -0.138. The van der Waals surface area contributed by atoms with Crippen LogP contribution in [-0.4, -0.2) is 17.1 Å². The van der Waals surface area contributed by atoms with Gasteiger partial charge in [-0.2, -0.15) is 13.2 Å². The summed E-state index contributed by atoms with van der Waals surface area (Å²) in [5.74, 6) is -1.29. The predicted molar refractivity (Wildman–Crippen MR) is 55.8 cm³/mol. The molecule has 0 saturated heterocycles. The number of hydrogen-bond donors (Lipinski definition) is 2. The highest BCUT2D eigenvalue weighted by molar-refractivity contribution is 6.32. The molecule has 1 aromatic carbocycles. The van der Waals surface area contributed by atoms with Gasteiger partial charge in [0.25, 0.3) is 0 Å². The van der Waals surface area contributed by atoms with Gasteiger partial charge in [-0.25, -0.2) is 0 Å². The molecule has 7 heteroatoms. The first kappa shape index (κ1) is 13.8. The van der Waals surface area contributed by atoms with Gasteiger partial charge in [-0.3, -0.25) is 4.79 Å². The summed E-state index contributed by atoms with van der Waals surface area (Å²) in [6.45, 7) is 0. The Balaban J connectivity index is 3.07. The second kappa shape index (κ2) is 4.93. The molecule has 0 spiro atoms. The van der Waals surface area contributed by atoms with Gasteiger partial charge >= 0.3 is 12.1 Å². The van der Waals surface area contributed by atoms with Crippen LogP contribution in [0.25, 0.3) is 0 Å². The smallest absolute Gasteiger partial charge is 0.417 e. The van der Waals surface area contributed by atoms with Gasteiger partial charge in [0, 0.05) is 0 Å². The molecule has 0 aliphatic heterocycles. The Morgan fingerprint density at radius 3 is 2.53 bits per heavy atom. The number of rotatable bonds is 3. The number of halogens is 4. The lowest BCUT2D eigenvalue weighted by Gasteiger charge is -2.13. The molecule has 3 N–H and O–H groups in total. The largest absolute Gasteiger partial charge is 0.480 e. The van der Waals surface area contributed by atoms with E-state index in [0.29, 0.717) is 0 Å². The Bertz CT molecular complexity index is 434. The molecule has 0 bridgehead atoms. The first-order valence-corrected chi connectivity index (χ1v) is 4.94. The summed E-state index contributed by atoms with van der Waals surface area (Å²) in [6.07, 6.45) is -4.82. The fourth-order valence-corrected chi connectivity index (χ4v) is 1.59. The van der Waals surface area contributed by atoms with Gasteiger partial charge in [0.2, 0.25) is 0 Å². The normalized spacial score (nSPS) is 13.5. The Hall–Kier alpha value is -1.27. The van der Waals surface area contributed by atoms with E-state index in [9.17, 15) is 18.0 Å². The van der Waals surface area contributed by atoms with Crippen molar-refractivity contribution in [2.24, 2.45) is 5.73 Å². The highest BCUT2D eigenvalue weighted by atomic mass is 35.5. The fraction of sp³-hybridized carbons (Fsp3) is 0.300. The molecule has 0 unspecified atom stereocenters. The van der Waals surface area contributed by atoms with Crippen molar-refractivity contribution in [1.29, 1.82) is 0 Å². The molecule has 3 nitrogen and oxygen atoms in total. The SMILES string of the molecule is N[C@@H](Cc1cccc(C(F)(F)F)c1Cl)C(=O)O. The van der Waals surface area contributed by atoms with Crippen LogP contribution < -0.4 is 5.73 Å². The van der Waals surface area contributed by atoms with Gasteiger partial charge in [-0.1, -0.05) is 23.7 Å². The van der Waals surface area contributed by atoms with Crippen molar-refractivity contribution < 1.29 is 23.1 Å². The number of aliphatic carboxylic acids is 1. The molecule has 0 aromatic heterocycles. The molecule has 0 aliphatic rings. The maximum Gasteiger partial charge on any atom is 0.417 e. The summed E-state index contributed by atoms with van der Waals surface area (Å²) in [5, 5.41) is 8.07. The summed E-state index contributed by atoms with van der Waals surface area (Å²) in [5.41, 5.74) is 4.31. The third-order valence-electron chi connectivity index (χ3n) is 2.14. The average Bonchev–Trinajstić information content (AvgIpc) is 2.19. The van der Waals surface area contributed by atoms with E-state index in [1.54, 1.807) is 0 Å². The van der Waals surface area contributed by atoms with Crippen molar-refractivity contribution in [3.05, 3.63) is 34.3 Å². The molecule has 1 atom stereocenters. The van der Waals surface area contributed by atoms with Crippen LogP contribution in [0.15, 0.2) is 18.2 Å². The number of carbonyl (C=O) groups is 1. The van der Waals surface area contributed by atoms with Crippen LogP contribution in [0.3, 0.4) is 0 Å². The van der Waals surface area contributed by atoms with Crippen molar-refractivity contribution in [2.75, 3.05) is 0 Å². The van der Waals surface area contributed by atoms with Gasteiger partial charge in [0.05, 0.1) is 10.6 Å². The van der Waals surface area contributed by atoms with Crippen molar-refractivity contribution in [3.63, 3.8) is 0 Å². The highest BCUT2D eigenvalue weighted by Crippen LogP contribution is 2.36. The molecule has 0 heterocycles. The van der Waals surface area contributed by atoms with Gasteiger partial charge < -0.3 is 10.8 Å². The Morgan fingerprint density at radius 2 is 2.06 bits per heavy atom. The molecule has 0 saturated carbocycles. The molecule has 0 aliphatic carbocycles. The maximum absolute atomic E-state index is 12.5. The highest BCUT2D eigenvalue weighted by Gasteiger charge is 2.34. The zero-order valence-corrected chi connectivity index (χ0v) is 9.22. The molecule has 0 amide bonds. The minimum absolute atomic E-state index is 0.0661. The van der Waals surface area contributed by atoms with Gasteiger partial charge in [-0.15, -0.1) is 0 Å². The van der Waals surface area contributed by atoms with Crippen LogP contribution >= 0.6 is 11.6 Å². The topological polar surface area (TPSA) is 63.3 Å². The van der Waals surface area contributed by atoms with Crippen molar-refractivity contribution in [1.82, 2.24) is 0 Å². The zero-order valence-electron chi connectivity index (χ0n) is 8.46. The number of carboxylic acid groups (broad SMARTS) is 1. The van der Waals surface area contributed by atoms with Crippen molar-refractivity contribution in [3.8, 4) is 0 Å². The minimum atomic E-state index is -4.57. The average molecular weight is 268 g/mol. The lowest BCUT2D eigenvalue weighted by atomic mass is 10.0. The number of benzene rings is 1. The van der Waals surface area contributed by atoms with Crippen molar-refractivity contribution >= 4 is 17.6 Å². The van der Waals surface area contributed by atoms with Crippen LogP contribution in [0.5, 0.6) is 0 Å². The molecular weight excluding hydrogens is 259 g/mol. The molecule has 94 valence electrons. The van der Waals surface area contributed by atoms with Crippen LogP contribution in [0.1, 0.15) is 11.1 Å². The first-order chi connectivity index (χ1) is 7.73. The summed E-state index contributed by atoms with van der Waals surface area (Å²) in [6, 6.07) is 2.04. The number of nitrogens with two attached hydrogens (primary N) is 1. The van der Waals surface area contributed by atoms with E-state index in [1.807, 2.05) is 0 Å². The van der Waals surface area contributed by atoms with E-state index in [0.717, 1.165) is 6.07 Å². The maximum atomic E-state index is 12.5. The van der Waals surface area contributed by atoms with E-state index >= 15 is 0 Å². The molecule has 0 radical (unpaired) electrons. The van der Waals surface area contributed by atoms with Crippen LogP contribution in [0.4, 0.5) is 13.2 Å². The molecule has 17 heavy (non-hydrogen) atoms. The summed E-state index contributed by atoms with van der Waals surface area (Å²) < 4.78 is 37.5. The molecule has 1 aromatic rings. The summed E-state index contributed by atoms with van der Waals surface area (Å²) >= 11 is 5.57. The number of hydrogen-bond acceptors (Lipinski definition) is 2. The van der Waals surface area contributed by atoms with E-state index in [2.05, 4.69) is 0 Å². The number of alkyl halides is 3. The molecular formula is C10H9ClF3NO2. The first-order valence-electron chi connectivity index (χ1n) is 4.56. The second-order valence-electron chi connectivity index (χ2n) is 3.43. The Morgan fingerprint density at radius 1 is 1.47 bits per heavy atom. The van der Waals surface area contributed by atoms with Gasteiger partial charge in [0.15, 0.2) is 0 Å². The zero-order chi connectivity index (χ0) is 13.2. The second-order valence-corrected chi connectivity index (χ2v) is 3.80. The van der Waals surface area contributed by atoms with E-state index in [-0.39, 0.29) is 12.0 Å². The monoisotopic (exact) mass is 267 g/mol. The van der Waals surface area contributed by atoms with Crippen molar-refractivity contribution in [2.45, 2.75) is 18.6 Å². The van der Waals surface area contributed by atoms with E-state index in [1.165, 1.54) is 12.1 Å². The Kier molecular flexibility index (Phi) is 4.00. The van der Waals surface area contributed by atoms with Gasteiger partial charge in [0.1, 0.15) is 6.04 Å². The quantitative estimate of drug-likeness (QED) is 0.883. The fourth-order valence-electron chi connectivity index (χ4n) is 1.28. The predicted octanol–water partition coefficient (Wildman–Crippen LogP) is 2.31. The number of carboxylic acids is 1.